The highest BCUT2D eigenvalue weighted by atomic mass is 16.6. The minimum Gasteiger partial charge on any atom is -0.437 e. The van der Waals surface area contributed by atoms with Crippen molar-refractivity contribution in [1.29, 1.82) is 0 Å². The van der Waals surface area contributed by atoms with Crippen molar-refractivity contribution in [2.24, 2.45) is 5.92 Å². The Labute approximate surface area is 136 Å². The molecule has 4 rings (SSSR count). The van der Waals surface area contributed by atoms with Gasteiger partial charge in [-0.15, -0.1) is 0 Å². The van der Waals surface area contributed by atoms with Crippen LogP contribution in [0.1, 0.15) is 37.3 Å². The van der Waals surface area contributed by atoms with Gasteiger partial charge in [0.25, 0.3) is 0 Å². The minimum atomic E-state index is -0.430. The monoisotopic (exact) mass is 307 g/mol. The first-order chi connectivity index (χ1) is 11.2. The summed E-state index contributed by atoms with van der Waals surface area (Å²) in [6.45, 7) is 2.74. The Bertz CT molecular complexity index is 727. The number of benzene rings is 2. The van der Waals surface area contributed by atoms with E-state index >= 15 is 0 Å². The normalized spacial score (nSPS) is 26.2. The first kappa shape index (κ1) is 14.3. The maximum Gasteiger partial charge on any atom is 0.415 e. The fourth-order valence-corrected chi connectivity index (χ4v) is 4.05. The number of para-hydroxylation sites is 1. The van der Waals surface area contributed by atoms with E-state index in [1.807, 2.05) is 48.5 Å². The van der Waals surface area contributed by atoms with Crippen molar-refractivity contribution in [1.82, 2.24) is 0 Å². The molecule has 2 atom stereocenters. The Balaban J connectivity index is 1.77. The molecule has 2 aromatic rings. The number of carbonyl (C=O) groups is 1. The molecule has 3 nitrogen and oxygen atoms in total. The topological polar surface area (TPSA) is 29.5 Å². The highest BCUT2D eigenvalue weighted by Crippen LogP contribution is 2.52. The standard InChI is InChI=1S/C20H21NO2/c1-15-8-7-13-20(15)17-11-5-6-12-18(17)21(19(22)23-20)14-16-9-3-2-4-10-16/h2-6,9-12,15H,7-8,13-14H2,1H3/t15-,20-/m1/s1. The maximum atomic E-state index is 12.8. The highest BCUT2D eigenvalue weighted by molar-refractivity contribution is 5.91. The van der Waals surface area contributed by atoms with Crippen LogP contribution in [0.2, 0.25) is 0 Å². The van der Waals surface area contributed by atoms with Crippen LogP contribution in [0.25, 0.3) is 0 Å². The quantitative estimate of drug-likeness (QED) is 0.793. The Morgan fingerprint density at radius 2 is 1.87 bits per heavy atom. The molecule has 1 amide bonds. The second-order valence-electron chi connectivity index (χ2n) is 6.64. The molecule has 1 heterocycles. The van der Waals surface area contributed by atoms with E-state index in [-0.39, 0.29) is 6.09 Å². The van der Waals surface area contributed by atoms with Crippen molar-refractivity contribution in [3.05, 3.63) is 65.7 Å². The van der Waals surface area contributed by atoms with Gasteiger partial charge in [0.05, 0.1) is 12.2 Å². The molecule has 2 aliphatic rings. The van der Waals surface area contributed by atoms with E-state index in [0.717, 1.165) is 30.5 Å². The smallest absolute Gasteiger partial charge is 0.415 e. The molecule has 1 spiro atoms. The fraction of sp³-hybridized carbons (Fsp3) is 0.350. The van der Waals surface area contributed by atoms with Crippen molar-refractivity contribution in [2.45, 2.75) is 38.3 Å². The van der Waals surface area contributed by atoms with Crippen LogP contribution >= 0.6 is 0 Å². The highest BCUT2D eigenvalue weighted by Gasteiger charge is 2.50. The van der Waals surface area contributed by atoms with E-state index in [9.17, 15) is 4.79 Å². The van der Waals surface area contributed by atoms with Gasteiger partial charge < -0.3 is 4.74 Å². The molecule has 0 radical (unpaired) electrons. The van der Waals surface area contributed by atoms with Crippen molar-refractivity contribution in [2.75, 3.05) is 4.90 Å². The van der Waals surface area contributed by atoms with Crippen molar-refractivity contribution >= 4 is 11.8 Å². The van der Waals surface area contributed by atoms with Crippen LogP contribution in [-0.2, 0) is 16.9 Å². The molecule has 0 saturated heterocycles. The van der Waals surface area contributed by atoms with Crippen molar-refractivity contribution in [3.63, 3.8) is 0 Å². The number of rotatable bonds is 2. The summed E-state index contributed by atoms with van der Waals surface area (Å²) in [5, 5.41) is 0. The second-order valence-corrected chi connectivity index (χ2v) is 6.64. The number of hydrogen-bond donors (Lipinski definition) is 0. The van der Waals surface area contributed by atoms with Crippen LogP contribution < -0.4 is 4.90 Å². The van der Waals surface area contributed by atoms with Crippen molar-refractivity contribution < 1.29 is 9.53 Å². The Hall–Kier alpha value is -2.29. The third-order valence-corrected chi connectivity index (χ3v) is 5.31. The molecular formula is C20H21NO2. The van der Waals surface area contributed by atoms with Crippen LogP contribution in [0.15, 0.2) is 54.6 Å². The van der Waals surface area contributed by atoms with Gasteiger partial charge in [-0.2, -0.15) is 0 Å². The van der Waals surface area contributed by atoms with Crippen LogP contribution in [0.3, 0.4) is 0 Å². The number of hydrogen-bond acceptors (Lipinski definition) is 2. The first-order valence-corrected chi connectivity index (χ1v) is 8.35. The molecule has 0 unspecified atom stereocenters. The third kappa shape index (κ3) is 2.23. The predicted octanol–water partition coefficient (Wildman–Crippen LogP) is 4.86. The zero-order valence-electron chi connectivity index (χ0n) is 13.4. The number of anilines is 1. The number of ether oxygens (including phenoxy) is 1. The third-order valence-electron chi connectivity index (χ3n) is 5.31. The molecule has 0 aromatic heterocycles. The summed E-state index contributed by atoms with van der Waals surface area (Å²) in [5.41, 5.74) is 2.84. The van der Waals surface area contributed by atoms with Crippen molar-refractivity contribution in [3.8, 4) is 0 Å². The average Bonchev–Trinajstić information content (AvgIpc) is 2.94. The van der Waals surface area contributed by atoms with Gasteiger partial charge in [-0.05, 0) is 30.9 Å². The molecule has 1 saturated carbocycles. The van der Waals surface area contributed by atoms with E-state index in [4.69, 9.17) is 4.74 Å². The summed E-state index contributed by atoms with van der Waals surface area (Å²) in [4.78, 5) is 14.5. The Morgan fingerprint density at radius 3 is 2.61 bits per heavy atom. The molecule has 118 valence electrons. The van der Waals surface area contributed by atoms with Crippen LogP contribution in [-0.4, -0.2) is 6.09 Å². The van der Waals surface area contributed by atoms with Gasteiger partial charge in [-0.3, -0.25) is 4.90 Å². The SMILES string of the molecule is C[C@@H]1CCC[C@@]12OC(=O)N(Cc1ccccc1)c1ccccc12. The fourth-order valence-electron chi connectivity index (χ4n) is 4.05. The van der Waals surface area contributed by atoms with Gasteiger partial charge in [0, 0.05) is 11.5 Å². The number of fused-ring (bicyclic) bond motifs is 2. The number of carbonyl (C=O) groups excluding carboxylic acids is 1. The Morgan fingerprint density at radius 1 is 1.13 bits per heavy atom. The number of nitrogens with zero attached hydrogens (tertiary/aromatic N) is 1. The lowest BCUT2D eigenvalue weighted by molar-refractivity contribution is -0.0199. The average molecular weight is 307 g/mol. The van der Waals surface area contributed by atoms with Gasteiger partial charge in [0.2, 0.25) is 0 Å². The van der Waals surface area contributed by atoms with Gasteiger partial charge >= 0.3 is 6.09 Å². The van der Waals surface area contributed by atoms with Crippen LogP contribution in [0, 0.1) is 5.92 Å². The molecule has 3 heteroatoms. The lowest BCUT2D eigenvalue weighted by atomic mass is 9.82. The summed E-state index contributed by atoms with van der Waals surface area (Å²) in [5.74, 6) is 0.367. The lowest BCUT2D eigenvalue weighted by Crippen LogP contribution is -2.47. The van der Waals surface area contributed by atoms with E-state index in [2.05, 4.69) is 13.0 Å². The summed E-state index contributed by atoms with van der Waals surface area (Å²) in [7, 11) is 0. The van der Waals surface area contributed by atoms with E-state index in [1.54, 1.807) is 4.90 Å². The largest absolute Gasteiger partial charge is 0.437 e. The maximum absolute atomic E-state index is 12.8. The van der Waals surface area contributed by atoms with Gasteiger partial charge in [0.1, 0.15) is 5.60 Å². The molecule has 1 aliphatic heterocycles. The molecule has 2 aromatic carbocycles. The van der Waals surface area contributed by atoms with E-state index < -0.39 is 5.60 Å². The Kier molecular flexibility index (Phi) is 3.37. The minimum absolute atomic E-state index is 0.221. The van der Waals surface area contributed by atoms with E-state index in [1.165, 1.54) is 5.56 Å². The zero-order valence-corrected chi connectivity index (χ0v) is 13.4. The zero-order chi connectivity index (χ0) is 15.9. The molecule has 1 aliphatic carbocycles. The summed E-state index contributed by atoms with van der Waals surface area (Å²) >= 11 is 0. The number of amides is 1. The molecule has 0 N–H and O–H groups in total. The molecule has 23 heavy (non-hydrogen) atoms. The van der Waals surface area contributed by atoms with Gasteiger partial charge in [-0.1, -0.05) is 55.5 Å². The summed E-state index contributed by atoms with van der Waals surface area (Å²) in [6.07, 6.45) is 2.93. The summed E-state index contributed by atoms with van der Waals surface area (Å²) in [6, 6.07) is 18.3. The predicted molar refractivity (Wildman–Crippen MR) is 90.2 cm³/mol. The lowest BCUT2D eigenvalue weighted by Gasteiger charge is -2.43. The van der Waals surface area contributed by atoms with Gasteiger partial charge in [0.15, 0.2) is 0 Å². The van der Waals surface area contributed by atoms with Crippen LogP contribution in [0.5, 0.6) is 0 Å². The second kappa shape index (κ2) is 5.41. The molecule has 1 fully saturated rings. The molecule has 0 bridgehead atoms. The first-order valence-electron chi connectivity index (χ1n) is 8.35. The molecular weight excluding hydrogens is 286 g/mol. The summed E-state index contributed by atoms with van der Waals surface area (Å²) < 4.78 is 6.05. The van der Waals surface area contributed by atoms with Gasteiger partial charge in [-0.25, -0.2) is 4.79 Å². The van der Waals surface area contributed by atoms with Crippen LogP contribution in [0.4, 0.5) is 10.5 Å². The van der Waals surface area contributed by atoms with E-state index in [0.29, 0.717) is 12.5 Å².